The lowest BCUT2D eigenvalue weighted by atomic mass is 10.1. The average molecular weight is 334 g/mol. The van der Waals surface area contributed by atoms with Crippen molar-refractivity contribution in [2.75, 3.05) is 6.26 Å². The third-order valence-corrected chi connectivity index (χ3v) is 3.76. The molecule has 0 unspecified atom stereocenters. The van der Waals surface area contributed by atoms with Gasteiger partial charge in [0.1, 0.15) is 11.5 Å². The van der Waals surface area contributed by atoms with Gasteiger partial charge in [-0.2, -0.15) is 0 Å². The second-order valence-corrected chi connectivity index (χ2v) is 6.04. The van der Waals surface area contributed by atoms with Crippen LogP contribution in [0.2, 0.25) is 0 Å². The Balaban J connectivity index is 2.57. The van der Waals surface area contributed by atoms with Crippen LogP contribution in [0.5, 0.6) is 0 Å². The molecule has 0 aliphatic carbocycles. The maximum Gasteiger partial charge on any atom is 0.252 e. The van der Waals surface area contributed by atoms with E-state index in [2.05, 4.69) is 26.2 Å². The zero-order chi connectivity index (χ0) is 13.3. The van der Waals surface area contributed by atoms with Crippen molar-refractivity contribution in [3.05, 3.63) is 35.8 Å². The Labute approximate surface area is 112 Å². The SMILES string of the molecule is CS(=O)(=O)n1cc(-c2cccc(F)c2CBr)nn1. The van der Waals surface area contributed by atoms with Gasteiger partial charge in [-0.3, -0.25) is 0 Å². The first kappa shape index (κ1) is 13.2. The molecule has 5 nitrogen and oxygen atoms in total. The van der Waals surface area contributed by atoms with Gasteiger partial charge in [0.2, 0.25) is 0 Å². The third-order valence-electron chi connectivity index (χ3n) is 2.34. The van der Waals surface area contributed by atoms with Gasteiger partial charge in [0.05, 0.1) is 12.5 Å². The molecule has 0 atom stereocenters. The normalized spacial score (nSPS) is 11.7. The number of hydrogen-bond acceptors (Lipinski definition) is 4. The van der Waals surface area contributed by atoms with E-state index in [4.69, 9.17) is 0 Å². The molecule has 0 aliphatic heterocycles. The minimum absolute atomic E-state index is 0.306. The Kier molecular flexibility index (Phi) is 3.49. The number of halogens is 2. The van der Waals surface area contributed by atoms with E-state index in [0.29, 0.717) is 22.2 Å². The van der Waals surface area contributed by atoms with Gasteiger partial charge in [0.15, 0.2) is 0 Å². The summed E-state index contributed by atoms with van der Waals surface area (Å²) < 4.78 is 36.9. The first-order chi connectivity index (χ1) is 8.43. The molecule has 0 radical (unpaired) electrons. The Hall–Kier alpha value is -1.28. The fourth-order valence-electron chi connectivity index (χ4n) is 1.47. The second-order valence-electron chi connectivity index (χ2n) is 3.64. The molecule has 1 aromatic heterocycles. The van der Waals surface area contributed by atoms with Crippen LogP contribution in [0.25, 0.3) is 11.3 Å². The van der Waals surface area contributed by atoms with Crippen molar-refractivity contribution < 1.29 is 12.8 Å². The molecular formula is C10H9BrFN3O2S. The molecule has 8 heteroatoms. The van der Waals surface area contributed by atoms with E-state index in [0.717, 1.165) is 10.3 Å². The van der Waals surface area contributed by atoms with Gasteiger partial charge < -0.3 is 0 Å². The molecule has 2 rings (SSSR count). The fraction of sp³-hybridized carbons (Fsp3) is 0.200. The predicted molar refractivity (Wildman–Crippen MR) is 68.3 cm³/mol. The third kappa shape index (κ3) is 2.44. The summed E-state index contributed by atoms with van der Waals surface area (Å²) in [7, 11) is -3.48. The Morgan fingerprint density at radius 2 is 2.17 bits per heavy atom. The lowest BCUT2D eigenvalue weighted by molar-refractivity contribution is 0.583. The van der Waals surface area contributed by atoms with Gasteiger partial charge in [-0.15, -0.1) is 9.19 Å². The van der Waals surface area contributed by atoms with Gasteiger partial charge in [-0.1, -0.05) is 33.3 Å². The Morgan fingerprint density at radius 3 is 2.72 bits per heavy atom. The minimum Gasteiger partial charge on any atom is -0.207 e. The summed E-state index contributed by atoms with van der Waals surface area (Å²) in [5.41, 5.74) is 1.24. The molecule has 2 aromatic rings. The lowest BCUT2D eigenvalue weighted by Crippen LogP contribution is -2.10. The van der Waals surface area contributed by atoms with Crippen molar-refractivity contribution in [1.29, 1.82) is 0 Å². The second kappa shape index (κ2) is 4.77. The van der Waals surface area contributed by atoms with Crippen molar-refractivity contribution in [2.45, 2.75) is 5.33 Å². The van der Waals surface area contributed by atoms with E-state index in [9.17, 15) is 12.8 Å². The smallest absolute Gasteiger partial charge is 0.207 e. The highest BCUT2D eigenvalue weighted by Gasteiger charge is 2.15. The summed E-state index contributed by atoms with van der Waals surface area (Å²) in [6, 6.07) is 4.54. The minimum atomic E-state index is -3.48. The highest BCUT2D eigenvalue weighted by Crippen LogP contribution is 2.25. The zero-order valence-corrected chi connectivity index (χ0v) is 11.7. The van der Waals surface area contributed by atoms with Crippen LogP contribution in [0.15, 0.2) is 24.4 Å². The number of hydrogen-bond donors (Lipinski definition) is 0. The van der Waals surface area contributed by atoms with Crippen LogP contribution in [-0.4, -0.2) is 29.1 Å². The van der Waals surface area contributed by atoms with E-state index in [-0.39, 0.29) is 5.82 Å². The van der Waals surface area contributed by atoms with Crippen molar-refractivity contribution in [3.63, 3.8) is 0 Å². The van der Waals surface area contributed by atoms with Crippen LogP contribution >= 0.6 is 15.9 Å². The molecule has 0 aliphatic rings. The molecule has 18 heavy (non-hydrogen) atoms. The van der Waals surface area contributed by atoms with E-state index >= 15 is 0 Å². The summed E-state index contributed by atoms with van der Waals surface area (Å²) >= 11 is 3.19. The van der Waals surface area contributed by atoms with Gasteiger partial charge >= 0.3 is 0 Å². The standard InChI is InChI=1S/C10H9BrFN3O2S/c1-18(16,17)15-6-10(13-14-15)7-3-2-4-9(12)8(7)5-11/h2-4,6H,5H2,1H3. The Bertz CT molecular complexity index is 684. The summed E-state index contributed by atoms with van der Waals surface area (Å²) in [5.74, 6) is -0.377. The van der Waals surface area contributed by atoms with E-state index in [1.54, 1.807) is 6.07 Å². The number of nitrogens with zero attached hydrogens (tertiary/aromatic N) is 3. The molecule has 0 saturated heterocycles. The lowest BCUT2D eigenvalue weighted by Gasteiger charge is -2.04. The number of aromatic nitrogens is 3. The molecule has 0 N–H and O–H groups in total. The molecule has 0 amide bonds. The molecule has 1 heterocycles. The summed E-state index contributed by atoms with van der Waals surface area (Å²) in [6.45, 7) is 0. The topological polar surface area (TPSA) is 64.8 Å². The molecule has 1 aromatic carbocycles. The molecule has 0 fully saturated rings. The predicted octanol–water partition coefficient (Wildman–Crippen LogP) is 1.79. The van der Waals surface area contributed by atoms with E-state index in [1.807, 2.05) is 0 Å². The fourth-order valence-corrected chi connectivity index (χ4v) is 2.50. The first-order valence-corrected chi connectivity index (χ1v) is 7.87. The van der Waals surface area contributed by atoms with Gasteiger partial charge in [-0.25, -0.2) is 12.8 Å². The molecule has 96 valence electrons. The Morgan fingerprint density at radius 1 is 1.44 bits per heavy atom. The van der Waals surface area contributed by atoms with Crippen LogP contribution in [-0.2, 0) is 15.4 Å². The highest BCUT2D eigenvalue weighted by atomic mass is 79.9. The highest BCUT2D eigenvalue weighted by molar-refractivity contribution is 9.08. The largest absolute Gasteiger partial charge is 0.252 e. The van der Waals surface area contributed by atoms with Crippen molar-refractivity contribution in [3.8, 4) is 11.3 Å². The molecular weight excluding hydrogens is 325 g/mol. The first-order valence-electron chi connectivity index (χ1n) is 4.90. The number of rotatable bonds is 3. The maximum absolute atomic E-state index is 13.6. The van der Waals surface area contributed by atoms with Crippen molar-refractivity contribution in [2.24, 2.45) is 0 Å². The molecule has 0 saturated carbocycles. The zero-order valence-electron chi connectivity index (χ0n) is 9.34. The van der Waals surface area contributed by atoms with Crippen molar-refractivity contribution in [1.82, 2.24) is 14.4 Å². The number of alkyl halides is 1. The summed E-state index contributed by atoms with van der Waals surface area (Å²) in [5, 5.41) is 7.57. The molecule has 0 spiro atoms. The average Bonchev–Trinajstić information content (AvgIpc) is 2.77. The van der Waals surface area contributed by atoms with Gasteiger partial charge in [0.25, 0.3) is 10.0 Å². The summed E-state index contributed by atoms with van der Waals surface area (Å²) in [4.78, 5) is 0. The maximum atomic E-state index is 13.6. The van der Waals surface area contributed by atoms with Crippen LogP contribution in [0.4, 0.5) is 4.39 Å². The van der Waals surface area contributed by atoms with Crippen LogP contribution < -0.4 is 0 Å². The summed E-state index contributed by atoms with van der Waals surface area (Å²) in [6.07, 6.45) is 2.28. The van der Waals surface area contributed by atoms with Crippen LogP contribution in [0, 0.1) is 5.82 Å². The monoisotopic (exact) mass is 333 g/mol. The van der Waals surface area contributed by atoms with E-state index in [1.165, 1.54) is 18.3 Å². The van der Waals surface area contributed by atoms with Crippen molar-refractivity contribution >= 4 is 26.0 Å². The molecule has 0 bridgehead atoms. The van der Waals surface area contributed by atoms with Gasteiger partial charge in [0, 0.05) is 16.5 Å². The van der Waals surface area contributed by atoms with Crippen LogP contribution in [0.1, 0.15) is 5.56 Å². The van der Waals surface area contributed by atoms with Crippen LogP contribution in [0.3, 0.4) is 0 Å². The van der Waals surface area contributed by atoms with E-state index < -0.39 is 10.0 Å². The quantitative estimate of drug-likeness (QED) is 0.803. The number of benzene rings is 1. The van der Waals surface area contributed by atoms with Gasteiger partial charge in [-0.05, 0) is 6.07 Å².